The number of Topliss-reactive ketones (excluding diaryl/α,β-unsaturated/α-hetero) is 1. The van der Waals surface area contributed by atoms with E-state index in [2.05, 4.69) is 32.7 Å². The predicted octanol–water partition coefficient (Wildman–Crippen LogP) is 7.60. The second kappa shape index (κ2) is 7.32. The van der Waals surface area contributed by atoms with E-state index in [0.717, 1.165) is 40.6 Å². The smallest absolute Gasteiger partial charge is 0.279 e. The number of aliphatic hydroxyl groups excluding tert-OH is 1. The fourth-order valence-corrected chi connectivity index (χ4v) is 6.50. The summed E-state index contributed by atoms with van der Waals surface area (Å²) in [5.41, 5.74) is 2.34. The van der Waals surface area contributed by atoms with Gasteiger partial charge < -0.3 is 9.84 Å². The number of carbonyl (C=O) groups is 1. The van der Waals surface area contributed by atoms with E-state index in [9.17, 15) is 9.90 Å². The molecule has 6 heteroatoms. The van der Waals surface area contributed by atoms with Crippen LogP contribution in [0, 0.1) is 16.7 Å². The van der Waals surface area contributed by atoms with Gasteiger partial charge in [-0.2, -0.15) is 0 Å². The van der Waals surface area contributed by atoms with Gasteiger partial charge in [-0.25, -0.2) is 4.98 Å². The van der Waals surface area contributed by atoms with Gasteiger partial charge in [0.1, 0.15) is 11.5 Å². The molecule has 1 heterocycles. The van der Waals surface area contributed by atoms with Crippen LogP contribution in [0.4, 0.5) is 0 Å². The molecule has 0 aliphatic heterocycles. The predicted molar refractivity (Wildman–Crippen MR) is 130 cm³/mol. The van der Waals surface area contributed by atoms with Crippen molar-refractivity contribution in [3.8, 4) is 10.9 Å². The van der Waals surface area contributed by atoms with Gasteiger partial charge in [0.2, 0.25) is 0 Å². The number of halogens is 1. The highest BCUT2D eigenvalue weighted by Gasteiger charge is 2.61. The molecule has 4 nitrogen and oxygen atoms in total. The van der Waals surface area contributed by atoms with E-state index in [1.165, 1.54) is 11.3 Å². The van der Waals surface area contributed by atoms with Gasteiger partial charge in [0.15, 0.2) is 5.78 Å². The lowest BCUT2D eigenvalue weighted by Crippen LogP contribution is -2.45. The highest BCUT2D eigenvalue weighted by Crippen LogP contribution is 2.63. The Morgan fingerprint density at radius 3 is 2.75 bits per heavy atom. The van der Waals surface area contributed by atoms with Gasteiger partial charge in [0, 0.05) is 16.4 Å². The summed E-state index contributed by atoms with van der Waals surface area (Å²) in [5, 5.41) is 12.4. The molecule has 1 fully saturated rings. The zero-order chi connectivity index (χ0) is 22.8. The summed E-state index contributed by atoms with van der Waals surface area (Å²) >= 11 is 7.52. The van der Waals surface area contributed by atoms with Gasteiger partial charge in [-0.3, -0.25) is 4.79 Å². The first kappa shape index (κ1) is 21.5. The maximum Gasteiger partial charge on any atom is 0.279 e. The van der Waals surface area contributed by atoms with Crippen molar-refractivity contribution in [2.45, 2.75) is 47.0 Å². The number of thiazole rings is 1. The number of aryl methyl sites for hydroxylation is 1. The molecule has 166 valence electrons. The minimum Gasteiger partial charge on any atom is -0.511 e. The Morgan fingerprint density at radius 1 is 1.22 bits per heavy atom. The number of benzene rings is 2. The fourth-order valence-electron chi connectivity index (χ4n) is 5.39. The number of fused-ring (bicyclic) bond motifs is 3. The van der Waals surface area contributed by atoms with Crippen molar-refractivity contribution in [1.82, 2.24) is 4.98 Å². The van der Waals surface area contributed by atoms with Crippen molar-refractivity contribution in [3.05, 3.63) is 58.3 Å². The largest absolute Gasteiger partial charge is 0.511 e. The quantitative estimate of drug-likeness (QED) is 0.429. The lowest BCUT2D eigenvalue weighted by molar-refractivity contribution is -0.128. The second-order valence-corrected chi connectivity index (χ2v) is 11.0. The topological polar surface area (TPSA) is 59.4 Å². The number of hydrogen-bond acceptors (Lipinski definition) is 5. The molecule has 2 atom stereocenters. The molecule has 5 rings (SSSR count). The molecule has 2 bridgehead atoms. The van der Waals surface area contributed by atoms with Crippen molar-refractivity contribution < 1.29 is 14.6 Å². The Balaban J connectivity index is 1.58. The normalized spacial score (nSPS) is 24.4. The van der Waals surface area contributed by atoms with Gasteiger partial charge in [-0.15, -0.1) is 0 Å². The number of allylic oxidation sites excluding steroid dienone is 2. The molecular formula is C26H26ClNO3S. The standard InChI is InChI=1S/C26H26ClNO3S/c1-5-14-6-8-16(31-24-28-19-9-7-15(27)12-20(19)32-24)13-17(14)21-22(29)18-10-11-26(4,23(21)30)25(18,2)3/h6-9,12-13,18,29H,5,10-11H2,1-4H3/t18-,26+/m0/s1. The van der Waals surface area contributed by atoms with E-state index in [4.69, 9.17) is 16.3 Å². The van der Waals surface area contributed by atoms with Crippen LogP contribution < -0.4 is 4.74 Å². The van der Waals surface area contributed by atoms with Crippen LogP contribution in [0.1, 0.15) is 51.7 Å². The average molecular weight is 468 g/mol. The van der Waals surface area contributed by atoms with Crippen molar-refractivity contribution >= 4 is 44.5 Å². The second-order valence-electron chi connectivity index (χ2n) is 9.60. The number of nitrogens with zero attached hydrogens (tertiary/aromatic N) is 1. The number of hydrogen-bond donors (Lipinski definition) is 1. The minimum atomic E-state index is -0.479. The molecule has 1 aromatic heterocycles. The molecule has 2 aliphatic rings. The highest BCUT2D eigenvalue weighted by molar-refractivity contribution is 7.20. The number of aromatic nitrogens is 1. The molecule has 32 heavy (non-hydrogen) atoms. The summed E-state index contributed by atoms with van der Waals surface area (Å²) in [6, 6.07) is 11.3. The van der Waals surface area contributed by atoms with Crippen molar-refractivity contribution in [3.63, 3.8) is 0 Å². The van der Waals surface area contributed by atoms with Crippen LogP contribution >= 0.6 is 22.9 Å². The van der Waals surface area contributed by atoms with Crippen molar-refractivity contribution in [2.75, 3.05) is 0 Å². The lowest BCUT2D eigenvalue weighted by atomic mass is 9.58. The molecule has 0 saturated heterocycles. The van der Waals surface area contributed by atoms with Gasteiger partial charge in [0.25, 0.3) is 5.19 Å². The third-order valence-corrected chi connectivity index (χ3v) is 8.94. The molecule has 0 radical (unpaired) electrons. The Hall–Kier alpha value is -2.37. The monoisotopic (exact) mass is 467 g/mol. The number of carbonyl (C=O) groups excluding carboxylic acids is 1. The van der Waals surface area contributed by atoms with E-state index < -0.39 is 5.41 Å². The Kier molecular flexibility index (Phi) is 4.91. The highest BCUT2D eigenvalue weighted by atomic mass is 35.5. The average Bonchev–Trinajstić information content (AvgIpc) is 3.21. The van der Waals surface area contributed by atoms with Crippen LogP contribution in [-0.2, 0) is 11.2 Å². The molecule has 0 unspecified atom stereocenters. The molecule has 3 aromatic rings. The van der Waals surface area contributed by atoms with Crippen molar-refractivity contribution in [1.29, 1.82) is 0 Å². The maximum absolute atomic E-state index is 13.7. The summed E-state index contributed by atoms with van der Waals surface area (Å²) in [5.74, 6) is 0.855. The SMILES string of the molecule is CCc1ccc(Oc2nc3ccc(Cl)cc3s2)cc1C1=C(O)[C@@H]2CC[C@](C)(C1=O)C2(C)C. The number of aliphatic hydroxyl groups is 1. The molecule has 1 N–H and O–H groups in total. The van der Waals surface area contributed by atoms with Crippen molar-refractivity contribution in [2.24, 2.45) is 16.7 Å². The number of rotatable bonds is 4. The fraction of sp³-hybridized carbons (Fsp3) is 0.385. The van der Waals surface area contributed by atoms with Gasteiger partial charge in [-0.1, -0.05) is 56.7 Å². The summed E-state index contributed by atoms with van der Waals surface area (Å²) in [7, 11) is 0. The molecule has 1 saturated carbocycles. The third-order valence-electron chi connectivity index (χ3n) is 7.81. The zero-order valence-electron chi connectivity index (χ0n) is 18.7. The first-order valence-corrected chi connectivity index (χ1v) is 12.2. The summed E-state index contributed by atoms with van der Waals surface area (Å²) in [6.07, 6.45) is 2.38. The Morgan fingerprint density at radius 2 is 2.00 bits per heavy atom. The minimum absolute atomic E-state index is 0.0107. The van der Waals surface area contributed by atoms with Crippen LogP contribution in [0.5, 0.6) is 10.9 Å². The maximum atomic E-state index is 13.7. The lowest BCUT2D eigenvalue weighted by Gasteiger charge is -2.45. The Labute approximate surface area is 196 Å². The van der Waals surface area contributed by atoms with Gasteiger partial charge in [-0.05, 0) is 66.1 Å². The van der Waals surface area contributed by atoms with E-state index in [-0.39, 0.29) is 22.9 Å². The summed E-state index contributed by atoms with van der Waals surface area (Å²) < 4.78 is 7.04. The molecular weight excluding hydrogens is 442 g/mol. The van der Waals surface area contributed by atoms with Gasteiger partial charge >= 0.3 is 0 Å². The molecule has 2 aromatic carbocycles. The molecule has 2 aliphatic carbocycles. The zero-order valence-corrected chi connectivity index (χ0v) is 20.2. The molecule has 0 amide bonds. The van der Waals surface area contributed by atoms with Crippen LogP contribution in [-0.4, -0.2) is 15.9 Å². The Bertz CT molecular complexity index is 1290. The van der Waals surface area contributed by atoms with Crippen LogP contribution in [0.2, 0.25) is 5.02 Å². The van der Waals surface area contributed by atoms with Crippen LogP contribution in [0.25, 0.3) is 15.8 Å². The van der Waals surface area contributed by atoms with Crippen LogP contribution in [0.3, 0.4) is 0 Å². The first-order valence-electron chi connectivity index (χ1n) is 11.0. The number of ether oxygens (including phenoxy) is 1. The van der Waals surface area contributed by atoms with E-state index >= 15 is 0 Å². The molecule has 0 spiro atoms. The first-order chi connectivity index (χ1) is 15.2. The van der Waals surface area contributed by atoms with E-state index in [1.54, 1.807) is 0 Å². The third kappa shape index (κ3) is 3.01. The van der Waals surface area contributed by atoms with E-state index in [0.29, 0.717) is 21.5 Å². The van der Waals surface area contributed by atoms with Gasteiger partial charge in [0.05, 0.1) is 15.8 Å². The van der Waals surface area contributed by atoms with Crippen LogP contribution in [0.15, 0.2) is 42.2 Å². The number of ketones is 1. The summed E-state index contributed by atoms with van der Waals surface area (Å²) in [6.45, 7) is 8.33. The summed E-state index contributed by atoms with van der Waals surface area (Å²) in [4.78, 5) is 18.3. The van der Waals surface area contributed by atoms with E-state index in [1.807, 2.05) is 36.4 Å².